The molecule has 3 fully saturated rings. The summed E-state index contributed by atoms with van der Waals surface area (Å²) >= 11 is 0. The minimum Gasteiger partial charge on any atom is -0.381 e. The van der Waals surface area contributed by atoms with Crippen molar-refractivity contribution in [1.82, 2.24) is 25.3 Å². The van der Waals surface area contributed by atoms with Crippen molar-refractivity contribution in [2.75, 3.05) is 32.8 Å². The number of nitrogens with zero attached hydrogens (tertiary/aromatic N) is 4. The third kappa shape index (κ3) is 4.89. The number of piperidine rings is 1. The lowest BCUT2D eigenvalue weighted by Gasteiger charge is -2.31. The van der Waals surface area contributed by atoms with E-state index in [0.717, 1.165) is 56.0 Å². The molecule has 3 saturated heterocycles. The molecule has 0 aliphatic carbocycles. The molecule has 1 N–H and O–H groups in total. The number of hydrogen-bond acceptors (Lipinski definition) is 7. The summed E-state index contributed by atoms with van der Waals surface area (Å²) < 4.78 is 10.9. The molecule has 0 radical (unpaired) electrons. The summed E-state index contributed by atoms with van der Waals surface area (Å²) in [6, 6.07) is -0.429. The van der Waals surface area contributed by atoms with Crippen molar-refractivity contribution in [3.8, 4) is 0 Å². The van der Waals surface area contributed by atoms with Crippen LogP contribution in [0.3, 0.4) is 0 Å². The van der Waals surface area contributed by atoms with E-state index in [2.05, 4.69) is 15.5 Å². The molecule has 4 amide bonds. The number of hydrogen-bond donors (Lipinski definition) is 1. The number of likely N-dealkylation sites (tertiary alicyclic amines) is 1. The van der Waals surface area contributed by atoms with Crippen LogP contribution in [0.2, 0.25) is 0 Å². The minimum atomic E-state index is -0.905. The molecular formula is C21H31N5O5. The molecule has 0 aromatic carbocycles. The van der Waals surface area contributed by atoms with Gasteiger partial charge in [0.1, 0.15) is 5.54 Å². The summed E-state index contributed by atoms with van der Waals surface area (Å²) in [6.45, 7) is 6.26. The monoisotopic (exact) mass is 433 g/mol. The number of carbonyl (C=O) groups excluding carboxylic acids is 3. The normalized spacial score (nSPS) is 22.8. The van der Waals surface area contributed by atoms with Gasteiger partial charge in [-0.3, -0.25) is 14.5 Å². The molecule has 0 spiro atoms. The van der Waals surface area contributed by atoms with Gasteiger partial charge in [-0.1, -0.05) is 5.16 Å². The average Bonchev–Trinajstić information content (AvgIpc) is 3.30. The fourth-order valence-electron chi connectivity index (χ4n) is 4.49. The van der Waals surface area contributed by atoms with E-state index in [-0.39, 0.29) is 24.8 Å². The molecule has 31 heavy (non-hydrogen) atoms. The number of nitrogens with one attached hydrogen (secondary N) is 1. The minimum absolute atomic E-state index is 0.0247. The fraction of sp³-hybridized carbons (Fsp3) is 0.762. The van der Waals surface area contributed by atoms with Crippen LogP contribution in [0.5, 0.6) is 0 Å². The van der Waals surface area contributed by atoms with Gasteiger partial charge in [0.05, 0.1) is 0 Å². The topological polar surface area (TPSA) is 118 Å². The van der Waals surface area contributed by atoms with Crippen LogP contribution in [0, 0.1) is 5.92 Å². The highest BCUT2D eigenvalue weighted by molar-refractivity contribution is 6.06. The van der Waals surface area contributed by atoms with Crippen LogP contribution in [-0.2, 0) is 20.7 Å². The fourth-order valence-corrected chi connectivity index (χ4v) is 4.49. The number of amides is 4. The first kappa shape index (κ1) is 21.7. The van der Waals surface area contributed by atoms with Crippen LogP contribution >= 0.6 is 0 Å². The SMILES string of the molecule is CC1(C)NC(=O)N(CCC(=O)N2CCC(Cc3nc(C4CCOCC4)no3)CC2)C1=O. The maximum atomic E-state index is 12.6. The van der Waals surface area contributed by atoms with Crippen molar-refractivity contribution in [3.63, 3.8) is 0 Å². The Labute approximate surface area is 181 Å². The van der Waals surface area contributed by atoms with E-state index in [1.54, 1.807) is 13.8 Å². The number of carbonyl (C=O) groups is 3. The predicted octanol–water partition coefficient (Wildman–Crippen LogP) is 1.47. The molecule has 1 aromatic heterocycles. The molecule has 0 saturated carbocycles. The van der Waals surface area contributed by atoms with Crippen molar-refractivity contribution in [3.05, 3.63) is 11.7 Å². The van der Waals surface area contributed by atoms with Crippen LogP contribution in [0.15, 0.2) is 4.52 Å². The third-order valence-electron chi connectivity index (χ3n) is 6.49. The largest absolute Gasteiger partial charge is 0.381 e. The molecule has 3 aliphatic heterocycles. The van der Waals surface area contributed by atoms with E-state index >= 15 is 0 Å². The maximum Gasteiger partial charge on any atom is 0.325 e. The van der Waals surface area contributed by atoms with Gasteiger partial charge < -0.3 is 19.5 Å². The first-order chi connectivity index (χ1) is 14.8. The Morgan fingerprint density at radius 1 is 1.16 bits per heavy atom. The molecular weight excluding hydrogens is 402 g/mol. The molecule has 10 heteroatoms. The van der Waals surface area contributed by atoms with Gasteiger partial charge in [-0.05, 0) is 45.4 Å². The Bertz CT molecular complexity index is 824. The lowest BCUT2D eigenvalue weighted by Crippen LogP contribution is -2.42. The lowest BCUT2D eigenvalue weighted by atomic mass is 9.93. The second-order valence-electron chi connectivity index (χ2n) is 9.22. The number of ether oxygens (including phenoxy) is 1. The lowest BCUT2D eigenvalue weighted by molar-refractivity contribution is -0.134. The van der Waals surface area contributed by atoms with Crippen molar-refractivity contribution in [1.29, 1.82) is 0 Å². The first-order valence-electron chi connectivity index (χ1n) is 11.2. The zero-order chi connectivity index (χ0) is 22.0. The summed E-state index contributed by atoms with van der Waals surface area (Å²) in [5, 5.41) is 6.80. The standard InChI is InChI=1S/C21H31N5O5/c1-21(2)19(28)26(20(29)23-21)10-5-17(27)25-8-3-14(4-9-25)13-16-22-18(24-31-16)15-6-11-30-12-7-15/h14-15H,3-13H2,1-2H3,(H,23,29). The number of rotatable bonds is 6. The summed E-state index contributed by atoms with van der Waals surface area (Å²) in [7, 11) is 0. The molecule has 10 nitrogen and oxygen atoms in total. The molecule has 3 aliphatic rings. The van der Waals surface area contributed by atoms with Gasteiger partial charge in [0.15, 0.2) is 5.82 Å². The summed E-state index contributed by atoms with van der Waals surface area (Å²) in [4.78, 5) is 44.3. The number of urea groups is 1. The Kier molecular flexibility index (Phi) is 6.27. The van der Waals surface area contributed by atoms with Gasteiger partial charge in [-0.15, -0.1) is 0 Å². The zero-order valence-electron chi connectivity index (χ0n) is 18.3. The molecule has 4 heterocycles. The van der Waals surface area contributed by atoms with Crippen LogP contribution in [0.4, 0.5) is 4.79 Å². The number of imide groups is 1. The van der Waals surface area contributed by atoms with E-state index in [9.17, 15) is 14.4 Å². The quantitative estimate of drug-likeness (QED) is 0.675. The van der Waals surface area contributed by atoms with Gasteiger partial charge >= 0.3 is 6.03 Å². The molecule has 0 bridgehead atoms. The van der Waals surface area contributed by atoms with Crippen LogP contribution in [0.1, 0.15) is 63.6 Å². The first-order valence-corrected chi connectivity index (χ1v) is 11.2. The molecule has 4 rings (SSSR count). The van der Waals surface area contributed by atoms with Gasteiger partial charge in [0.25, 0.3) is 5.91 Å². The van der Waals surface area contributed by atoms with Gasteiger partial charge in [0.2, 0.25) is 11.8 Å². The molecule has 0 unspecified atom stereocenters. The van der Waals surface area contributed by atoms with E-state index in [0.29, 0.717) is 30.8 Å². The average molecular weight is 434 g/mol. The predicted molar refractivity (Wildman–Crippen MR) is 109 cm³/mol. The van der Waals surface area contributed by atoms with Crippen molar-refractivity contribution in [2.45, 2.75) is 63.8 Å². The van der Waals surface area contributed by atoms with Crippen LogP contribution in [0.25, 0.3) is 0 Å². The van der Waals surface area contributed by atoms with E-state index < -0.39 is 11.6 Å². The van der Waals surface area contributed by atoms with Gasteiger partial charge in [0, 0.05) is 51.6 Å². The summed E-state index contributed by atoms with van der Waals surface area (Å²) in [6.07, 6.45) is 4.49. The second-order valence-corrected chi connectivity index (χ2v) is 9.22. The molecule has 1 aromatic rings. The smallest absolute Gasteiger partial charge is 0.325 e. The van der Waals surface area contributed by atoms with Crippen LogP contribution < -0.4 is 5.32 Å². The highest BCUT2D eigenvalue weighted by Gasteiger charge is 2.44. The highest BCUT2D eigenvalue weighted by atomic mass is 16.5. The Morgan fingerprint density at radius 2 is 1.87 bits per heavy atom. The maximum absolute atomic E-state index is 12.6. The second kappa shape index (κ2) is 8.94. The Balaban J connectivity index is 1.21. The van der Waals surface area contributed by atoms with E-state index in [4.69, 9.17) is 9.26 Å². The molecule has 0 atom stereocenters. The van der Waals surface area contributed by atoms with E-state index in [1.807, 2.05) is 4.90 Å². The van der Waals surface area contributed by atoms with Crippen molar-refractivity contribution >= 4 is 17.8 Å². The van der Waals surface area contributed by atoms with E-state index in [1.165, 1.54) is 0 Å². The summed E-state index contributed by atoms with van der Waals surface area (Å²) in [5.41, 5.74) is -0.905. The van der Waals surface area contributed by atoms with Gasteiger partial charge in [-0.2, -0.15) is 4.98 Å². The Morgan fingerprint density at radius 3 is 2.52 bits per heavy atom. The third-order valence-corrected chi connectivity index (χ3v) is 6.49. The van der Waals surface area contributed by atoms with Gasteiger partial charge in [-0.25, -0.2) is 4.79 Å². The number of aromatic nitrogens is 2. The molecule has 170 valence electrons. The summed E-state index contributed by atoms with van der Waals surface area (Å²) in [5.74, 6) is 1.87. The Hall–Kier alpha value is -2.49. The zero-order valence-corrected chi connectivity index (χ0v) is 18.3. The van der Waals surface area contributed by atoms with Crippen LogP contribution in [-0.4, -0.2) is 76.2 Å². The van der Waals surface area contributed by atoms with Crippen molar-refractivity contribution < 1.29 is 23.6 Å². The van der Waals surface area contributed by atoms with Crippen molar-refractivity contribution in [2.24, 2.45) is 5.92 Å². The highest BCUT2D eigenvalue weighted by Crippen LogP contribution is 2.26.